The van der Waals surface area contributed by atoms with Crippen molar-refractivity contribution in [3.63, 3.8) is 0 Å². The molecule has 2 rings (SSSR count). The average Bonchev–Trinajstić information content (AvgIpc) is 2.60. The van der Waals surface area contributed by atoms with Gasteiger partial charge in [-0.3, -0.25) is 0 Å². The quantitative estimate of drug-likeness (QED) is 0.273. The molecule has 0 atom stereocenters. The van der Waals surface area contributed by atoms with E-state index in [1.54, 1.807) is 6.07 Å². The Morgan fingerprint density at radius 1 is 1.22 bits per heavy atom. The maximum absolute atomic E-state index is 13.1. The van der Waals surface area contributed by atoms with Crippen LogP contribution in [0.3, 0.4) is 0 Å². The van der Waals surface area contributed by atoms with Gasteiger partial charge in [0.1, 0.15) is 0 Å². The average molecular weight is 499 g/mol. The van der Waals surface area contributed by atoms with E-state index in [0.29, 0.717) is 12.1 Å². The lowest BCUT2D eigenvalue weighted by atomic mass is 10.1. The number of hydrogen-bond donors (Lipinski definition) is 2. The number of guanidine groups is 1. The molecule has 27 heavy (non-hydrogen) atoms. The van der Waals surface area contributed by atoms with Gasteiger partial charge < -0.3 is 20.9 Å². The number of hydrogen-bond acceptors (Lipinski definition) is 3. The van der Waals surface area contributed by atoms with Crippen LogP contribution >= 0.6 is 24.0 Å². The first-order valence-corrected chi connectivity index (χ1v) is 8.98. The number of piperazine rings is 1. The molecular weight excluding hydrogens is 470 g/mol. The summed E-state index contributed by atoms with van der Waals surface area (Å²) >= 11 is 0. The number of aliphatic imine (C=N–C) groups is 1. The molecule has 1 heterocycles. The van der Waals surface area contributed by atoms with Crippen LogP contribution in [0.1, 0.15) is 30.9 Å². The van der Waals surface area contributed by atoms with Gasteiger partial charge in [-0.15, -0.1) is 24.0 Å². The van der Waals surface area contributed by atoms with Crippen LogP contribution < -0.4 is 16.0 Å². The third-order valence-corrected chi connectivity index (χ3v) is 4.51. The molecule has 0 unspecified atom stereocenters. The summed E-state index contributed by atoms with van der Waals surface area (Å²) in [6.45, 7) is 6.22. The number of nitrogens with one attached hydrogen (secondary N) is 1. The number of nitrogens with zero attached hydrogens (tertiary/aromatic N) is 3. The molecule has 0 saturated carbocycles. The molecule has 1 saturated heterocycles. The lowest BCUT2D eigenvalue weighted by molar-refractivity contribution is -0.137. The summed E-state index contributed by atoms with van der Waals surface area (Å²) in [4.78, 5) is 8.56. The first-order chi connectivity index (χ1) is 12.3. The van der Waals surface area contributed by atoms with Crippen LogP contribution in [-0.4, -0.2) is 50.6 Å². The normalized spacial score (nSPS) is 16.2. The second kappa shape index (κ2) is 10.9. The fourth-order valence-electron chi connectivity index (χ4n) is 2.86. The smallest absolute Gasteiger partial charge is 0.370 e. The monoisotopic (exact) mass is 499 g/mol. The van der Waals surface area contributed by atoms with Crippen LogP contribution in [-0.2, 0) is 12.7 Å². The number of unbranched alkanes of at least 4 members (excludes halogenated alkanes) is 1. The van der Waals surface area contributed by atoms with E-state index in [2.05, 4.69) is 27.0 Å². The van der Waals surface area contributed by atoms with Gasteiger partial charge in [-0.05, 0) is 37.2 Å². The summed E-state index contributed by atoms with van der Waals surface area (Å²) in [5.41, 5.74) is 6.52. The van der Waals surface area contributed by atoms with Crippen LogP contribution in [0.15, 0.2) is 23.2 Å². The van der Waals surface area contributed by atoms with Crippen molar-refractivity contribution in [3.8, 4) is 0 Å². The summed E-state index contributed by atoms with van der Waals surface area (Å²) in [6, 6.07) is 3.89. The van der Waals surface area contributed by atoms with Crippen LogP contribution in [0.4, 0.5) is 18.9 Å². The van der Waals surface area contributed by atoms with Crippen LogP contribution in [0.25, 0.3) is 0 Å². The van der Waals surface area contributed by atoms with Crippen LogP contribution in [0.2, 0.25) is 0 Å². The molecule has 1 aromatic carbocycles. The second-order valence-corrected chi connectivity index (χ2v) is 6.61. The lowest BCUT2D eigenvalue weighted by Gasteiger charge is -2.35. The topological polar surface area (TPSA) is 56.9 Å². The first-order valence-electron chi connectivity index (χ1n) is 8.98. The second-order valence-electron chi connectivity index (χ2n) is 6.61. The minimum absolute atomic E-state index is 0. The van der Waals surface area contributed by atoms with E-state index in [-0.39, 0.29) is 36.5 Å². The zero-order chi connectivity index (χ0) is 19.2. The van der Waals surface area contributed by atoms with E-state index in [4.69, 9.17) is 5.73 Å². The maximum Gasteiger partial charge on any atom is 0.416 e. The van der Waals surface area contributed by atoms with Gasteiger partial charge in [-0.2, -0.15) is 13.2 Å². The minimum Gasteiger partial charge on any atom is -0.370 e. The molecule has 0 spiro atoms. The Kier molecular flexibility index (Phi) is 9.65. The van der Waals surface area contributed by atoms with Gasteiger partial charge in [-0.1, -0.05) is 13.3 Å². The molecule has 0 aliphatic carbocycles. The van der Waals surface area contributed by atoms with E-state index in [1.165, 1.54) is 6.07 Å². The van der Waals surface area contributed by atoms with Crippen molar-refractivity contribution in [2.24, 2.45) is 10.7 Å². The molecule has 1 fully saturated rings. The molecule has 9 heteroatoms. The zero-order valence-corrected chi connectivity index (χ0v) is 18.2. The highest BCUT2D eigenvalue weighted by molar-refractivity contribution is 14.0. The molecule has 1 aromatic rings. The number of halogens is 4. The number of alkyl halides is 3. The standard InChI is InChI=1S/C18H28F3N5.HI/c1-3-4-7-23-17(22)24-13-14-12-15(18(19,20)21)5-6-16(14)26-10-8-25(2)9-11-26;/h5-6,12H,3-4,7-11,13H2,1-2H3,(H3,22,23,24);1H. The van der Waals surface area contributed by atoms with Crippen molar-refractivity contribution >= 4 is 35.6 Å². The predicted octanol–water partition coefficient (Wildman–Crippen LogP) is 3.28. The third-order valence-electron chi connectivity index (χ3n) is 4.51. The van der Waals surface area contributed by atoms with Crippen LogP contribution in [0.5, 0.6) is 0 Å². The summed E-state index contributed by atoms with van der Waals surface area (Å²) in [7, 11) is 2.04. The first kappa shape index (κ1) is 23.8. The van der Waals surface area contributed by atoms with Crippen molar-refractivity contribution in [1.82, 2.24) is 10.2 Å². The van der Waals surface area contributed by atoms with E-state index in [0.717, 1.165) is 50.8 Å². The van der Waals surface area contributed by atoms with E-state index >= 15 is 0 Å². The lowest BCUT2D eigenvalue weighted by Crippen LogP contribution is -2.44. The highest BCUT2D eigenvalue weighted by Crippen LogP contribution is 2.33. The third kappa shape index (κ3) is 7.36. The van der Waals surface area contributed by atoms with E-state index in [1.807, 2.05) is 7.05 Å². The zero-order valence-electron chi connectivity index (χ0n) is 15.9. The summed E-state index contributed by atoms with van der Waals surface area (Å²) in [6.07, 6.45) is -2.38. The molecule has 0 aromatic heterocycles. The SMILES string of the molecule is CCCCNC(N)=NCc1cc(C(F)(F)F)ccc1N1CCN(C)CC1.I. The van der Waals surface area contributed by atoms with Crippen molar-refractivity contribution in [3.05, 3.63) is 29.3 Å². The fourth-order valence-corrected chi connectivity index (χ4v) is 2.86. The predicted molar refractivity (Wildman–Crippen MR) is 115 cm³/mol. The maximum atomic E-state index is 13.1. The summed E-state index contributed by atoms with van der Waals surface area (Å²) in [5.74, 6) is 0.264. The number of nitrogens with two attached hydrogens (primary N) is 1. The highest BCUT2D eigenvalue weighted by atomic mass is 127. The summed E-state index contributed by atoms with van der Waals surface area (Å²) in [5, 5.41) is 2.99. The molecule has 0 bridgehead atoms. The molecular formula is C18H29F3IN5. The molecule has 0 amide bonds. The van der Waals surface area contributed by atoms with Gasteiger partial charge in [0.2, 0.25) is 0 Å². The minimum atomic E-state index is -4.37. The van der Waals surface area contributed by atoms with Crippen molar-refractivity contribution in [2.45, 2.75) is 32.5 Å². The Hall–Kier alpha value is -1.23. The van der Waals surface area contributed by atoms with Gasteiger partial charge in [0.25, 0.3) is 0 Å². The van der Waals surface area contributed by atoms with Crippen LogP contribution in [0, 0.1) is 0 Å². The van der Waals surface area contributed by atoms with Crippen molar-refractivity contribution in [2.75, 3.05) is 44.7 Å². The molecule has 0 radical (unpaired) electrons. The Labute approximate surface area is 176 Å². The Morgan fingerprint density at radius 3 is 2.48 bits per heavy atom. The molecule has 1 aliphatic heterocycles. The Morgan fingerprint density at radius 2 is 1.89 bits per heavy atom. The van der Waals surface area contributed by atoms with Gasteiger partial charge in [0.15, 0.2) is 5.96 Å². The number of benzene rings is 1. The fraction of sp³-hybridized carbons (Fsp3) is 0.611. The van der Waals surface area contributed by atoms with E-state index in [9.17, 15) is 13.2 Å². The summed E-state index contributed by atoms with van der Waals surface area (Å²) < 4.78 is 39.3. The van der Waals surface area contributed by atoms with Gasteiger partial charge in [0, 0.05) is 38.4 Å². The Bertz CT molecular complexity index is 614. The van der Waals surface area contributed by atoms with Gasteiger partial charge >= 0.3 is 6.18 Å². The number of rotatable bonds is 6. The van der Waals surface area contributed by atoms with Gasteiger partial charge in [0.05, 0.1) is 12.1 Å². The molecule has 5 nitrogen and oxygen atoms in total. The number of anilines is 1. The van der Waals surface area contributed by atoms with Crippen molar-refractivity contribution in [1.29, 1.82) is 0 Å². The highest BCUT2D eigenvalue weighted by Gasteiger charge is 2.31. The van der Waals surface area contributed by atoms with Gasteiger partial charge in [-0.25, -0.2) is 4.99 Å². The largest absolute Gasteiger partial charge is 0.416 e. The molecule has 1 aliphatic rings. The van der Waals surface area contributed by atoms with E-state index < -0.39 is 11.7 Å². The number of likely N-dealkylation sites (N-methyl/N-ethyl adjacent to an activating group) is 1. The van der Waals surface area contributed by atoms with Crippen molar-refractivity contribution < 1.29 is 13.2 Å². The molecule has 154 valence electrons. The molecule has 3 N–H and O–H groups in total. The Balaban J connectivity index is 0.00000364.